The average molecular weight is 353 g/mol. The normalized spacial score (nSPS) is 12.2. The number of benzene rings is 2. The average Bonchev–Trinajstić information content (AvgIpc) is 2.47. The summed E-state index contributed by atoms with van der Waals surface area (Å²) in [5, 5.41) is 10.3. The molecule has 0 heterocycles. The summed E-state index contributed by atoms with van der Waals surface area (Å²) in [6, 6.07) is 15.7. The molecule has 4 heteroatoms. The van der Waals surface area contributed by atoms with E-state index in [0.717, 1.165) is 20.7 Å². The van der Waals surface area contributed by atoms with E-state index in [9.17, 15) is 5.11 Å². The van der Waals surface area contributed by atoms with Gasteiger partial charge in [-0.2, -0.15) is 0 Å². The molecule has 2 aromatic rings. The van der Waals surface area contributed by atoms with Crippen LogP contribution in [0.2, 0.25) is 0 Å². The van der Waals surface area contributed by atoms with Gasteiger partial charge >= 0.3 is 0 Å². The second kappa shape index (κ2) is 7.72. The van der Waals surface area contributed by atoms with Crippen LogP contribution >= 0.6 is 27.7 Å². The van der Waals surface area contributed by atoms with E-state index in [1.807, 2.05) is 55.5 Å². The largest absolute Gasteiger partial charge is 0.494 e. The summed E-state index contributed by atoms with van der Waals surface area (Å²) in [4.78, 5) is 1.13. The standard InChI is InChI=1S/C16H17BrO2S/c1-2-19-13-7-5-6-12(10-13)15(18)11-20-16-9-4-3-8-14(16)17/h3-10,15,18H,2,11H2,1H3. The molecule has 0 aliphatic heterocycles. The maximum atomic E-state index is 10.3. The molecule has 0 fully saturated rings. The first kappa shape index (κ1) is 15.4. The summed E-state index contributed by atoms with van der Waals surface area (Å²) in [6.07, 6.45) is -0.507. The summed E-state index contributed by atoms with van der Waals surface area (Å²) in [7, 11) is 0. The van der Waals surface area contributed by atoms with Gasteiger partial charge in [-0.1, -0.05) is 24.3 Å². The van der Waals surface area contributed by atoms with E-state index < -0.39 is 6.10 Å². The van der Waals surface area contributed by atoms with Crippen LogP contribution in [0.1, 0.15) is 18.6 Å². The number of rotatable bonds is 6. The lowest BCUT2D eigenvalue weighted by Gasteiger charge is -2.13. The molecular formula is C16H17BrO2S. The Hall–Kier alpha value is -0.970. The third-order valence-corrected chi connectivity index (χ3v) is 4.89. The van der Waals surface area contributed by atoms with Gasteiger partial charge in [0.15, 0.2) is 0 Å². The first-order valence-corrected chi connectivity index (χ1v) is 8.26. The van der Waals surface area contributed by atoms with Crippen LogP contribution in [0.3, 0.4) is 0 Å². The summed E-state index contributed by atoms with van der Waals surface area (Å²) < 4.78 is 6.51. The van der Waals surface area contributed by atoms with Crippen LogP contribution in [0.5, 0.6) is 5.75 Å². The summed E-state index contributed by atoms with van der Waals surface area (Å²) in [6.45, 7) is 2.58. The molecule has 0 radical (unpaired) electrons. The number of aliphatic hydroxyl groups excluding tert-OH is 1. The SMILES string of the molecule is CCOc1cccc(C(O)CSc2ccccc2Br)c1. The lowest BCUT2D eigenvalue weighted by Crippen LogP contribution is -2.01. The highest BCUT2D eigenvalue weighted by Crippen LogP contribution is 2.31. The van der Waals surface area contributed by atoms with Crippen molar-refractivity contribution in [1.29, 1.82) is 0 Å². The Morgan fingerprint density at radius 1 is 1.20 bits per heavy atom. The zero-order valence-corrected chi connectivity index (χ0v) is 13.7. The molecule has 1 unspecified atom stereocenters. The smallest absolute Gasteiger partial charge is 0.119 e. The molecule has 0 bridgehead atoms. The quantitative estimate of drug-likeness (QED) is 0.765. The van der Waals surface area contributed by atoms with Crippen LogP contribution in [-0.4, -0.2) is 17.5 Å². The van der Waals surface area contributed by atoms with Gasteiger partial charge in [0.1, 0.15) is 5.75 Å². The molecule has 2 nitrogen and oxygen atoms in total. The minimum atomic E-state index is -0.507. The van der Waals surface area contributed by atoms with Crippen LogP contribution in [0, 0.1) is 0 Å². The van der Waals surface area contributed by atoms with E-state index in [0.29, 0.717) is 12.4 Å². The molecule has 0 aromatic heterocycles. The third kappa shape index (κ3) is 4.27. The second-order valence-electron chi connectivity index (χ2n) is 4.26. The Labute approximate surface area is 132 Å². The van der Waals surface area contributed by atoms with Gasteiger partial charge in [-0.3, -0.25) is 0 Å². The summed E-state index contributed by atoms with van der Waals surface area (Å²) >= 11 is 5.14. The molecule has 0 aliphatic rings. The van der Waals surface area contributed by atoms with E-state index in [2.05, 4.69) is 15.9 Å². The fourth-order valence-electron chi connectivity index (χ4n) is 1.80. The van der Waals surface area contributed by atoms with E-state index in [1.165, 1.54) is 0 Å². The highest BCUT2D eigenvalue weighted by atomic mass is 79.9. The van der Waals surface area contributed by atoms with Crippen LogP contribution < -0.4 is 4.74 Å². The van der Waals surface area contributed by atoms with E-state index in [4.69, 9.17) is 4.74 Å². The Bertz CT molecular complexity index is 560. The zero-order valence-electron chi connectivity index (χ0n) is 11.3. The van der Waals surface area contributed by atoms with Gasteiger partial charge in [0.25, 0.3) is 0 Å². The minimum absolute atomic E-state index is 0.507. The van der Waals surface area contributed by atoms with Crippen LogP contribution in [0.25, 0.3) is 0 Å². The van der Waals surface area contributed by atoms with Crippen molar-refractivity contribution in [3.05, 3.63) is 58.6 Å². The maximum absolute atomic E-state index is 10.3. The molecule has 2 rings (SSSR count). The van der Waals surface area contributed by atoms with Crippen molar-refractivity contribution < 1.29 is 9.84 Å². The van der Waals surface area contributed by atoms with Crippen molar-refractivity contribution in [3.63, 3.8) is 0 Å². The molecule has 0 saturated carbocycles. The van der Waals surface area contributed by atoms with Crippen LogP contribution in [0.4, 0.5) is 0 Å². The Balaban J connectivity index is 1.99. The highest BCUT2D eigenvalue weighted by molar-refractivity contribution is 9.10. The molecule has 0 aliphatic carbocycles. The number of thioether (sulfide) groups is 1. The fourth-order valence-corrected chi connectivity index (χ4v) is 3.34. The van der Waals surface area contributed by atoms with Crippen molar-refractivity contribution in [2.24, 2.45) is 0 Å². The molecule has 20 heavy (non-hydrogen) atoms. The van der Waals surface area contributed by atoms with E-state index in [1.54, 1.807) is 11.8 Å². The van der Waals surface area contributed by atoms with Gasteiger partial charge in [0, 0.05) is 15.1 Å². The Morgan fingerprint density at radius 2 is 2.00 bits per heavy atom. The number of aliphatic hydroxyl groups is 1. The Kier molecular flexibility index (Phi) is 5.95. The molecule has 2 aromatic carbocycles. The molecule has 1 N–H and O–H groups in total. The van der Waals surface area contributed by atoms with E-state index >= 15 is 0 Å². The molecule has 106 valence electrons. The number of hydrogen-bond acceptors (Lipinski definition) is 3. The van der Waals surface area contributed by atoms with Gasteiger partial charge in [0.05, 0.1) is 12.7 Å². The third-order valence-electron chi connectivity index (χ3n) is 2.79. The van der Waals surface area contributed by atoms with Gasteiger partial charge in [0.2, 0.25) is 0 Å². The van der Waals surface area contributed by atoms with Gasteiger partial charge in [-0.05, 0) is 52.7 Å². The molecule has 1 atom stereocenters. The predicted molar refractivity (Wildman–Crippen MR) is 87.4 cm³/mol. The first-order chi connectivity index (χ1) is 9.70. The van der Waals surface area contributed by atoms with Crippen molar-refractivity contribution >= 4 is 27.7 Å². The summed E-state index contributed by atoms with van der Waals surface area (Å²) in [5.41, 5.74) is 0.885. The number of hydrogen-bond donors (Lipinski definition) is 1. The second-order valence-corrected chi connectivity index (χ2v) is 6.18. The Morgan fingerprint density at radius 3 is 2.75 bits per heavy atom. The zero-order chi connectivity index (χ0) is 14.4. The van der Waals surface area contributed by atoms with E-state index in [-0.39, 0.29) is 0 Å². The first-order valence-electron chi connectivity index (χ1n) is 6.49. The van der Waals surface area contributed by atoms with Gasteiger partial charge in [-0.15, -0.1) is 11.8 Å². The van der Waals surface area contributed by atoms with Crippen molar-refractivity contribution in [2.75, 3.05) is 12.4 Å². The topological polar surface area (TPSA) is 29.5 Å². The molecule has 0 spiro atoms. The summed E-state index contributed by atoms with van der Waals surface area (Å²) in [5.74, 6) is 1.41. The predicted octanol–water partition coefficient (Wildman–Crippen LogP) is 4.67. The van der Waals surface area contributed by atoms with Crippen molar-refractivity contribution in [1.82, 2.24) is 0 Å². The lowest BCUT2D eigenvalue weighted by atomic mass is 10.1. The number of halogens is 1. The van der Waals surface area contributed by atoms with Crippen molar-refractivity contribution in [2.45, 2.75) is 17.9 Å². The maximum Gasteiger partial charge on any atom is 0.119 e. The van der Waals surface area contributed by atoms with Crippen molar-refractivity contribution in [3.8, 4) is 5.75 Å². The van der Waals surface area contributed by atoms with Gasteiger partial charge < -0.3 is 9.84 Å². The molecular weight excluding hydrogens is 336 g/mol. The molecule has 0 amide bonds. The minimum Gasteiger partial charge on any atom is -0.494 e. The van der Waals surface area contributed by atoms with Crippen LogP contribution in [-0.2, 0) is 0 Å². The highest BCUT2D eigenvalue weighted by Gasteiger charge is 2.10. The lowest BCUT2D eigenvalue weighted by molar-refractivity contribution is 0.203. The van der Waals surface area contributed by atoms with Gasteiger partial charge in [-0.25, -0.2) is 0 Å². The number of ether oxygens (including phenoxy) is 1. The fraction of sp³-hybridized carbons (Fsp3) is 0.250. The molecule has 0 saturated heterocycles. The monoisotopic (exact) mass is 352 g/mol. The van der Waals surface area contributed by atoms with Crippen LogP contribution in [0.15, 0.2) is 57.9 Å².